The number of ether oxygens (including phenoxy) is 1. The first-order chi connectivity index (χ1) is 11.4. The van der Waals surface area contributed by atoms with Crippen molar-refractivity contribution in [3.63, 3.8) is 0 Å². The molecular weight excluding hydrogens is 321 g/mol. The van der Waals surface area contributed by atoms with E-state index in [0.717, 1.165) is 18.9 Å². The van der Waals surface area contributed by atoms with Crippen molar-refractivity contribution < 1.29 is 22.7 Å². The quantitative estimate of drug-likeness (QED) is 0.839. The fourth-order valence-electron chi connectivity index (χ4n) is 3.29. The number of halogens is 3. The minimum atomic E-state index is -4.49. The molecule has 132 valence electrons. The number of amides is 1. The minimum absolute atomic E-state index is 0.0470. The largest absolute Gasteiger partial charge is 0.471 e. The highest BCUT2D eigenvalue weighted by Gasteiger charge is 2.35. The van der Waals surface area contributed by atoms with E-state index < -0.39 is 11.9 Å². The minimum Gasteiger partial charge on any atom is -0.471 e. The molecule has 0 spiro atoms. The second-order valence-electron chi connectivity index (χ2n) is 6.61. The van der Waals surface area contributed by atoms with Crippen molar-refractivity contribution in [2.24, 2.45) is 5.92 Å². The molecule has 1 aliphatic heterocycles. The van der Waals surface area contributed by atoms with Crippen LogP contribution >= 0.6 is 0 Å². The molecule has 1 saturated heterocycles. The van der Waals surface area contributed by atoms with Gasteiger partial charge >= 0.3 is 6.18 Å². The summed E-state index contributed by atoms with van der Waals surface area (Å²) in [5.74, 6) is 0.560. The van der Waals surface area contributed by atoms with Crippen molar-refractivity contribution in [3.05, 3.63) is 23.9 Å². The summed E-state index contributed by atoms with van der Waals surface area (Å²) in [7, 11) is 0. The monoisotopic (exact) mass is 342 g/mol. The maximum Gasteiger partial charge on any atom is 0.433 e. The topological polar surface area (TPSA) is 42.4 Å². The molecule has 1 aliphatic carbocycles. The Bertz CT molecular complexity index is 579. The highest BCUT2D eigenvalue weighted by molar-refractivity contribution is 5.77. The molecule has 2 fully saturated rings. The second-order valence-corrected chi connectivity index (χ2v) is 6.61. The summed E-state index contributed by atoms with van der Waals surface area (Å²) in [6.07, 6.45) is 1.71. The average Bonchev–Trinajstić information content (AvgIpc) is 2.51. The van der Waals surface area contributed by atoms with Crippen molar-refractivity contribution in [1.82, 2.24) is 9.88 Å². The number of aromatic nitrogens is 1. The van der Waals surface area contributed by atoms with Crippen LogP contribution in [0.1, 0.15) is 44.2 Å². The third kappa shape index (κ3) is 4.19. The fourth-order valence-corrected chi connectivity index (χ4v) is 3.29. The number of nitrogens with zero attached hydrogens (tertiary/aromatic N) is 2. The molecule has 3 rings (SSSR count). The zero-order valence-corrected chi connectivity index (χ0v) is 13.4. The van der Waals surface area contributed by atoms with E-state index >= 15 is 0 Å². The Labute approximate surface area is 139 Å². The van der Waals surface area contributed by atoms with Gasteiger partial charge in [-0.1, -0.05) is 25.3 Å². The van der Waals surface area contributed by atoms with Gasteiger partial charge in [-0.25, -0.2) is 4.98 Å². The van der Waals surface area contributed by atoms with Crippen molar-refractivity contribution >= 4 is 5.91 Å². The van der Waals surface area contributed by atoms with Gasteiger partial charge in [0.1, 0.15) is 11.8 Å². The Morgan fingerprint density at radius 2 is 1.92 bits per heavy atom. The smallest absolute Gasteiger partial charge is 0.433 e. The van der Waals surface area contributed by atoms with E-state index in [1.165, 1.54) is 31.4 Å². The van der Waals surface area contributed by atoms with Gasteiger partial charge in [-0.2, -0.15) is 13.2 Å². The van der Waals surface area contributed by atoms with Gasteiger partial charge in [-0.15, -0.1) is 0 Å². The van der Waals surface area contributed by atoms with Gasteiger partial charge in [0.25, 0.3) is 0 Å². The Morgan fingerprint density at radius 1 is 1.21 bits per heavy atom. The van der Waals surface area contributed by atoms with Crippen LogP contribution in [0.15, 0.2) is 18.2 Å². The summed E-state index contributed by atoms with van der Waals surface area (Å²) in [6.45, 7) is 0.840. The van der Waals surface area contributed by atoms with E-state index in [2.05, 4.69) is 4.98 Å². The van der Waals surface area contributed by atoms with Crippen LogP contribution in [0.4, 0.5) is 13.2 Å². The van der Waals surface area contributed by atoms with Crippen LogP contribution < -0.4 is 4.74 Å². The molecule has 24 heavy (non-hydrogen) atoms. The van der Waals surface area contributed by atoms with Crippen LogP contribution in [0.2, 0.25) is 0 Å². The molecule has 1 aromatic rings. The van der Waals surface area contributed by atoms with E-state index in [9.17, 15) is 18.0 Å². The standard InChI is InChI=1S/C17H21F3N2O2/c18-17(19,20)14-7-4-8-15(21-14)24-13-10-22(11-13)16(23)9-12-5-2-1-3-6-12/h4,7-8,12-13H,1-3,5-6,9-11H2. The molecule has 0 unspecified atom stereocenters. The predicted octanol–water partition coefficient (Wildman–Crippen LogP) is 3.66. The molecule has 2 heterocycles. The Morgan fingerprint density at radius 3 is 2.58 bits per heavy atom. The lowest BCUT2D eigenvalue weighted by molar-refractivity contribution is -0.142. The molecule has 0 bridgehead atoms. The van der Waals surface area contributed by atoms with Crippen LogP contribution in [0.5, 0.6) is 5.88 Å². The number of hydrogen-bond donors (Lipinski definition) is 0. The van der Waals surface area contributed by atoms with Gasteiger partial charge in [-0.05, 0) is 24.8 Å². The van der Waals surface area contributed by atoms with Crippen LogP contribution in [-0.4, -0.2) is 35.0 Å². The third-order valence-corrected chi connectivity index (χ3v) is 4.69. The summed E-state index contributed by atoms with van der Waals surface area (Å²) < 4.78 is 43.3. The van der Waals surface area contributed by atoms with Crippen molar-refractivity contribution in [2.45, 2.75) is 50.8 Å². The van der Waals surface area contributed by atoms with Crippen LogP contribution in [0.3, 0.4) is 0 Å². The van der Waals surface area contributed by atoms with Gasteiger partial charge in [0, 0.05) is 12.5 Å². The van der Waals surface area contributed by atoms with E-state index in [4.69, 9.17) is 4.74 Å². The molecule has 2 aliphatic rings. The SMILES string of the molecule is O=C(CC1CCCCC1)N1CC(Oc2cccc(C(F)(F)F)n2)C1. The second kappa shape index (κ2) is 6.99. The molecule has 7 heteroatoms. The molecule has 1 saturated carbocycles. The van der Waals surface area contributed by atoms with Crippen LogP contribution in [0.25, 0.3) is 0 Å². The fraction of sp³-hybridized carbons (Fsp3) is 0.647. The number of carbonyl (C=O) groups is 1. The number of pyridine rings is 1. The highest BCUT2D eigenvalue weighted by atomic mass is 19.4. The molecule has 0 aromatic carbocycles. The molecular formula is C17H21F3N2O2. The summed E-state index contributed by atoms with van der Waals surface area (Å²) in [4.78, 5) is 17.4. The number of likely N-dealkylation sites (tertiary alicyclic amines) is 1. The molecule has 1 aromatic heterocycles. The molecule has 4 nitrogen and oxygen atoms in total. The zero-order valence-electron chi connectivity index (χ0n) is 13.4. The van der Waals surface area contributed by atoms with Gasteiger partial charge in [0.15, 0.2) is 0 Å². The first-order valence-electron chi connectivity index (χ1n) is 8.40. The zero-order chi connectivity index (χ0) is 17.2. The number of alkyl halides is 3. The average molecular weight is 342 g/mol. The van der Waals surface area contributed by atoms with E-state index in [1.54, 1.807) is 4.90 Å². The summed E-state index contributed by atoms with van der Waals surface area (Å²) in [5.41, 5.74) is -0.968. The van der Waals surface area contributed by atoms with Crippen molar-refractivity contribution in [2.75, 3.05) is 13.1 Å². The summed E-state index contributed by atoms with van der Waals surface area (Å²) in [6, 6.07) is 3.59. The predicted molar refractivity (Wildman–Crippen MR) is 81.4 cm³/mol. The number of rotatable bonds is 4. The lowest BCUT2D eigenvalue weighted by Gasteiger charge is -2.39. The van der Waals surface area contributed by atoms with Crippen molar-refractivity contribution in [1.29, 1.82) is 0 Å². The number of carbonyl (C=O) groups excluding carboxylic acids is 1. The lowest BCUT2D eigenvalue weighted by Crippen LogP contribution is -2.56. The Kier molecular flexibility index (Phi) is 4.96. The summed E-state index contributed by atoms with van der Waals surface area (Å²) >= 11 is 0. The van der Waals surface area contributed by atoms with E-state index in [1.807, 2.05) is 0 Å². The van der Waals surface area contributed by atoms with E-state index in [-0.39, 0.29) is 17.9 Å². The third-order valence-electron chi connectivity index (χ3n) is 4.69. The Balaban J connectivity index is 1.46. The van der Waals surface area contributed by atoms with Gasteiger partial charge in [0.2, 0.25) is 11.8 Å². The first-order valence-corrected chi connectivity index (χ1v) is 8.40. The number of hydrogen-bond acceptors (Lipinski definition) is 3. The van der Waals surface area contributed by atoms with Gasteiger partial charge in [0.05, 0.1) is 13.1 Å². The maximum atomic E-state index is 12.6. The normalized spacial score (nSPS) is 19.9. The van der Waals surface area contributed by atoms with Gasteiger partial charge < -0.3 is 9.64 Å². The lowest BCUT2D eigenvalue weighted by atomic mass is 9.86. The van der Waals surface area contributed by atoms with Crippen LogP contribution in [-0.2, 0) is 11.0 Å². The summed E-state index contributed by atoms with van der Waals surface area (Å²) in [5, 5.41) is 0. The molecule has 0 atom stereocenters. The van der Waals surface area contributed by atoms with Crippen LogP contribution in [0, 0.1) is 5.92 Å². The molecule has 0 N–H and O–H groups in total. The molecule has 0 radical (unpaired) electrons. The molecule has 1 amide bonds. The highest BCUT2D eigenvalue weighted by Crippen LogP contribution is 2.30. The Hall–Kier alpha value is -1.79. The van der Waals surface area contributed by atoms with E-state index in [0.29, 0.717) is 25.4 Å². The van der Waals surface area contributed by atoms with Gasteiger partial charge in [-0.3, -0.25) is 4.79 Å². The maximum absolute atomic E-state index is 12.6. The van der Waals surface area contributed by atoms with Crippen molar-refractivity contribution in [3.8, 4) is 5.88 Å². The first kappa shape index (κ1) is 17.0.